The second kappa shape index (κ2) is 4.91. The van der Waals surface area contributed by atoms with Gasteiger partial charge in [0.15, 0.2) is 0 Å². The van der Waals surface area contributed by atoms with E-state index in [1.54, 1.807) is 29.7 Å². The molecule has 0 amide bonds. The highest BCUT2D eigenvalue weighted by atomic mass is 35.5. The molecule has 2 rings (SSSR count). The number of rotatable bonds is 1. The molecule has 19 heavy (non-hydrogen) atoms. The molecule has 0 aliphatic carbocycles. The Morgan fingerprint density at radius 2 is 1.84 bits per heavy atom. The minimum atomic E-state index is -0.287. The molecule has 4 heteroatoms. The normalized spacial score (nSPS) is 10.3. The second-order valence-electron chi connectivity index (χ2n) is 4.53. The van der Waals surface area contributed by atoms with E-state index in [9.17, 15) is 4.79 Å². The predicted molar refractivity (Wildman–Crippen MR) is 76.0 cm³/mol. The minimum Gasteiger partial charge on any atom is -0.280 e. The lowest BCUT2D eigenvalue weighted by Gasteiger charge is -2.14. The lowest BCUT2D eigenvalue weighted by molar-refractivity contribution is 0.912. The third kappa shape index (κ3) is 2.27. The van der Waals surface area contributed by atoms with Crippen molar-refractivity contribution < 1.29 is 0 Å². The summed E-state index contributed by atoms with van der Waals surface area (Å²) in [5.41, 5.74) is 3.04. The summed E-state index contributed by atoms with van der Waals surface area (Å²) in [7, 11) is 0. The monoisotopic (exact) mass is 272 g/mol. The first-order valence-corrected chi connectivity index (χ1v) is 6.23. The fraction of sp³-hybridized carbons (Fsp3) is 0.200. The van der Waals surface area contributed by atoms with Crippen molar-refractivity contribution in [2.75, 3.05) is 0 Å². The van der Waals surface area contributed by atoms with Crippen LogP contribution in [0, 0.1) is 32.1 Å². The predicted octanol–water partition coefficient (Wildman–Crippen LogP) is 3.29. The van der Waals surface area contributed by atoms with Crippen LogP contribution in [-0.4, -0.2) is 4.57 Å². The van der Waals surface area contributed by atoms with E-state index < -0.39 is 0 Å². The van der Waals surface area contributed by atoms with Crippen LogP contribution in [0.1, 0.15) is 22.4 Å². The van der Waals surface area contributed by atoms with Crippen molar-refractivity contribution >= 4 is 11.6 Å². The standard InChI is InChI=1S/C15H13ClN2O/c1-9-6-11(3)18(15(19)13(9)8-17)14-5-4-12(16)7-10(14)2/h4-7H,1-3H3. The number of hydrogen-bond donors (Lipinski definition) is 0. The smallest absolute Gasteiger partial charge is 0.273 e. The summed E-state index contributed by atoms with van der Waals surface area (Å²) in [5, 5.41) is 9.72. The molecule has 0 aliphatic rings. The lowest BCUT2D eigenvalue weighted by Crippen LogP contribution is -2.24. The number of pyridine rings is 1. The molecule has 0 radical (unpaired) electrons. The Morgan fingerprint density at radius 3 is 2.42 bits per heavy atom. The zero-order chi connectivity index (χ0) is 14.2. The molecule has 2 aromatic rings. The van der Waals surface area contributed by atoms with Crippen molar-refractivity contribution in [2.45, 2.75) is 20.8 Å². The van der Waals surface area contributed by atoms with E-state index in [-0.39, 0.29) is 11.1 Å². The first kappa shape index (κ1) is 13.4. The van der Waals surface area contributed by atoms with Crippen LogP contribution in [0.2, 0.25) is 5.02 Å². The Morgan fingerprint density at radius 1 is 1.16 bits per heavy atom. The molecule has 0 N–H and O–H groups in total. The van der Waals surface area contributed by atoms with E-state index in [0.29, 0.717) is 10.6 Å². The number of aryl methyl sites for hydroxylation is 3. The summed E-state index contributed by atoms with van der Waals surface area (Å²) in [4.78, 5) is 12.4. The molecule has 96 valence electrons. The SMILES string of the molecule is Cc1cc(Cl)ccc1-n1c(C)cc(C)c(C#N)c1=O. The van der Waals surface area contributed by atoms with Gasteiger partial charge in [-0.2, -0.15) is 5.26 Å². The summed E-state index contributed by atoms with van der Waals surface area (Å²) in [6, 6.07) is 9.15. The number of hydrogen-bond acceptors (Lipinski definition) is 2. The summed E-state index contributed by atoms with van der Waals surface area (Å²) in [6.45, 7) is 5.51. The van der Waals surface area contributed by atoms with Crippen molar-refractivity contribution in [3.8, 4) is 11.8 Å². The average molecular weight is 273 g/mol. The van der Waals surface area contributed by atoms with Gasteiger partial charge in [-0.15, -0.1) is 0 Å². The maximum absolute atomic E-state index is 12.4. The van der Waals surface area contributed by atoms with Crippen molar-refractivity contribution in [3.05, 3.63) is 62.0 Å². The van der Waals surface area contributed by atoms with Crippen LogP contribution < -0.4 is 5.56 Å². The van der Waals surface area contributed by atoms with Gasteiger partial charge in [-0.05, 0) is 56.2 Å². The summed E-state index contributed by atoms with van der Waals surface area (Å²) in [6.07, 6.45) is 0. The first-order chi connectivity index (χ1) is 8.95. The van der Waals surface area contributed by atoms with Gasteiger partial charge < -0.3 is 0 Å². The van der Waals surface area contributed by atoms with E-state index in [1.807, 2.05) is 26.0 Å². The highest BCUT2D eigenvalue weighted by molar-refractivity contribution is 6.30. The zero-order valence-corrected chi connectivity index (χ0v) is 11.7. The molecule has 0 atom stereocenters. The van der Waals surface area contributed by atoms with E-state index in [2.05, 4.69) is 0 Å². The Labute approximate surface area is 116 Å². The molecule has 0 bridgehead atoms. The van der Waals surface area contributed by atoms with Gasteiger partial charge in [0.05, 0.1) is 5.69 Å². The van der Waals surface area contributed by atoms with Crippen LogP contribution in [0.3, 0.4) is 0 Å². The summed E-state index contributed by atoms with van der Waals surface area (Å²) >= 11 is 5.93. The van der Waals surface area contributed by atoms with Gasteiger partial charge in [0, 0.05) is 10.7 Å². The van der Waals surface area contributed by atoms with E-state index in [1.165, 1.54) is 0 Å². The molecule has 1 aromatic heterocycles. The number of aromatic nitrogens is 1. The highest BCUT2D eigenvalue weighted by Gasteiger charge is 2.12. The number of nitrogens with zero attached hydrogens (tertiary/aromatic N) is 2. The molecular weight excluding hydrogens is 260 g/mol. The molecule has 1 aromatic carbocycles. The first-order valence-electron chi connectivity index (χ1n) is 5.85. The zero-order valence-electron chi connectivity index (χ0n) is 11.0. The topological polar surface area (TPSA) is 45.8 Å². The maximum Gasteiger partial charge on any atom is 0.273 e. The van der Waals surface area contributed by atoms with Crippen LogP contribution in [0.25, 0.3) is 5.69 Å². The molecule has 0 unspecified atom stereocenters. The molecule has 0 saturated carbocycles. The van der Waals surface area contributed by atoms with Gasteiger partial charge in [0.2, 0.25) is 0 Å². The van der Waals surface area contributed by atoms with Crippen LogP contribution in [0.5, 0.6) is 0 Å². The van der Waals surface area contributed by atoms with Crippen LogP contribution in [0.4, 0.5) is 0 Å². The highest BCUT2D eigenvalue weighted by Crippen LogP contribution is 2.20. The fourth-order valence-electron chi connectivity index (χ4n) is 2.20. The average Bonchev–Trinajstić information content (AvgIpc) is 2.31. The molecule has 0 spiro atoms. The summed E-state index contributed by atoms with van der Waals surface area (Å²) < 4.78 is 1.55. The molecule has 0 aliphatic heterocycles. The number of benzene rings is 1. The van der Waals surface area contributed by atoms with Crippen LogP contribution >= 0.6 is 11.6 Å². The third-order valence-electron chi connectivity index (χ3n) is 3.10. The number of halogens is 1. The molecule has 0 fully saturated rings. The lowest BCUT2D eigenvalue weighted by atomic mass is 10.1. The van der Waals surface area contributed by atoms with E-state index >= 15 is 0 Å². The van der Waals surface area contributed by atoms with Gasteiger partial charge in [0.25, 0.3) is 5.56 Å². The van der Waals surface area contributed by atoms with Gasteiger partial charge in [-0.1, -0.05) is 11.6 Å². The van der Waals surface area contributed by atoms with Crippen LogP contribution in [0.15, 0.2) is 29.1 Å². The Bertz CT molecular complexity index is 754. The van der Waals surface area contributed by atoms with Gasteiger partial charge >= 0.3 is 0 Å². The maximum atomic E-state index is 12.4. The van der Waals surface area contributed by atoms with Gasteiger partial charge in [-0.3, -0.25) is 9.36 Å². The van der Waals surface area contributed by atoms with Crippen molar-refractivity contribution in [2.24, 2.45) is 0 Å². The Balaban J connectivity index is 2.84. The molecule has 1 heterocycles. The summed E-state index contributed by atoms with van der Waals surface area (Å²) in [5.74, 6) is 0. The van der Waals surface area contributed by atoms with Crippen LogP contribution in [-0.2, 0) is 0 Å². The molecule has 3 nitrogen and oxygen atoms in total. The van der Waals surface area contributed by atoms with Crippen molar-refractivity contribution in [1.29, 1.82) is 5.26 Å². The Hall–Kier alpha value is -2.05. The van der Waals surface area contributed by atoms with Gasteiger partial charge in [0.1, 0.15) is 11.6 Å². The molecule has 0 saturated heterocycles. The van der Waals surface area contributed by atoms with Crippen molar-refractivity contribution in [3.63, 3.8) is 0 Å². The minimum absolute atomic E-state index is 0.181. The number of nitriles is 1. The second-order valence-corrected chi connectivity index (χ2v) is 4.96. The Kier molecular flexibility index (Phi) is 3.46. The third-order valence-corrected chi connectivity index (χ3v) is 3.34. The largest absolute Gasteiger partial charge is 0.280 e. The van der Waals surface area contributed by atoms with E-state index in [4.69, 9.17) is 16.9 Å². The van der Waals surface area contributed by atoms with Gasteiger partial charge in [-0.25, -0.2) is 0 Å². The fourth-order valence-corrected chi connectivity index (χ4v) is 2.42. The molecular formula is C15H13ClN2O. The van der Waals surface area contributed by atoms with E-state index in [0.717, 1.165) is 16.9 Å². The quantitative estimate of drug-likeness (QED) is 0.800. The van der Waals surface area contributed by atoms with Crippen molar-refractivity contribution in [1.82, 2.24) is 4.57 Å².